The van der Waals surface area contributed by atoms with Crippen molar-refractivity contribution in [3.8, 4) is 0 Å². The zero-order chi connectivity index (χ0) is 28.6. The second-order valence-electron chi connectivity index (χ2n) is 12.3. The quantitative estimate of drug-likeness (QED) is 0.377. The van der Waals surface area contributed by atoms with Gasteiger partial charge in [-0.1, -0.05) is 27.2 Å². The molecule has 0 radical (unpaired) electrons. The molecular weight excluding hydrogens is 514 g/mol. The molecule has 1 saturated heterocycles. The molecule has 11 heteroatoms. The molecule has 1 aliphatic carbocycles. The number of hydrogen-bond acceptors (Lipinski definition) is 6. The highest BCUT2D eigenvalue weighted by Gasteiger charge is 2.33. The van der Waals surface area contributed by atoms with E-state index in [1.807, 2.05) is 6.07 Å². The highest BCUT2D eigenvalue weighted by Crippen LogP contribution is 2.43. The SMILES string of the molecule is CCC(C)(C)C1CCC(n2cc(NC(=O)c3cnn4ccc(N5CCC(N(C)C)CC5)nc34)c(C(F)F)n2)CC1. The van der Waals surface area contributed by atoms with Crippen molar-refractivity contribution in [2.75, 3.05) is 37.4 Å². The van der Waals surface area contributed by atoms with Crippen LogP contribution in [0.3, 0.4) is 0 Å². The Labute approximate surface area is 234 Å². The fourth-order valence-electron chi connectivity index (χ4n) is 6.26. The number of carbonyl (C=O) groups is 1. The van der Waals surface area contributed by atoms with Crippen LogP contribution in [0.2, 0.25) is 0 Å². The molecule has 2 aliphatic rings. The van der Waals surface area contributed by atoms with E-state index in [4.69, 9.17) is 4.98 Å². The van der Waals surface area contributed by atoms with Crippen LogP contribution in [0.25, 0.3) is 5.65 Å². The van der Waals surface area contributed by atoms with Crippen molar-refractivity contribution in [2.45, 2.75) is 84.2 Å². The molecule has 1 N–H and O–H groups in total. The summed E-state index contributed by atoms with van der Waals surface area (Å²) in [5.41, 5.74) is 0.538. The Morgan fingerprint density at radius 3 is 2.48 bits per heavy atom. The van der Waals surface area contributed by atoms with Crippen LogP contribution in [0.15, 0.2) is 24.7 Å². The fourth-order valence-corrected chi connectivity index (χ4v) is 6.26. The molecule has 0 unspecified atom stereocenters. The summed E-state index contributed by atoms with van der Waals surface area (Å²) in [5.74, 6) is 0.869. The van der Waals surface area contributed by atoms with Crippen LogP contribution in [-0.2, 0) is 0 Å². The molecule has 1 amide bonds. The van der Waals surface area contributed by atoms with Crippen LogP contribution < -0.4 is 10.2 Å². The third-order valence-electron chi connectivity index (χ3n) is 9.42. The van der Waals surface area contributed by atoms with Gasteiger partial charge in [-0.05, 0) is 70.0 Å². The highest BCUT2D eigenvalue weighted by molar-refractivity contribution is 6.08. The number of halogens is 2. The lowest BCUT2D eigenvalue weighted by Gasteiger charge is -2.38. The highest BCUT2D eigenvalue weighted by atomic mass is 19.3. The minimum Gasteiger partial charge on any atom is -0.356 e. The first-order chi connectivity index (χ1) is 19.1. The summed E-state index contributed by atoms with van der Waals surface area (Å²) < 4.78 is 31.2. The Bertz CT molecular complexity index is 1320. The maximum atomic E-state index is 14.0. The maximum Gasteiger partial charge on any atom is 0.284 e. The molecule has 218 valence electrons. The number of rotatable bonds is 8. The van der Waals surface area contributed by atoms with Crippen molar-refractivity contribution in [1.29, 1.82) is 0 Å². The first-order valence-corrected chi connectivity index (χ1v) is 14.5. The summed E-state index contributed by atoms with van der Waals surface area (Å²) in [6, 6.07) is 2.48. The average molecular weight is 557 g/mol. The van der Waals surface area contributed by atoms with Crippen molar-refractivity contribution in [3.05, 3.63) is 35.9 Å². The largest absolute Gasteiger partial charge is 0.356 e. The number of alkyl halides is 2. The summed E-state index contributed by atoms with van der Waals surface area (Å²) in [4.78, 5) is 22.5. The predicted octanol–water partition coefficient (Wildman–Crippen LogP) is 5.81. The van der Waals surface area contributed by atoms with Gasteiger partial charge in [0.2, 0.25) is 0 Å². The van der Waals surface area contributed by atoms with Gasteiger partial charge in [0.05, 0.1) is 17.9 Å². The fraction of sp³-hybridized carbons (Fsp3) is 0.655. The second kappa shape index (κ2) is 11.4. The monoisotopic (exact) mass is 556 g/mol. The Balaban J connectivity index is 1.32. The van der Waals surface area contributed by atoms with Crippen LogP contribution in [-0.4, -0.2) is 68.4 Å². The number of nitrogens with one attached hydrogen (secondary N) is 1. The van der Waals surface area contributed by atoms with E-state index >= 15 is 0 Å². The van der Waals surface area contributed by atoms with Crippen LogP contribution in [0.5, 0.6) is 0 Å². The number of amides is 1. The van der Waals surface area contributed by atoms with E-state index < -0.39 is 18.0 Å². The van der Waals surface area contributed by atoms with Gasteiger partial charge in [0.1, 0.15) is 11.4 Å². The van der Waals surface area contributed by atoms with Gasteiger partial charge in [0, 0.05) is 31.5 Å². The van der Waals surface area contributed by atoms with Gasteiger partial charge in [0.15, 0.2) is 11.3 Å². The molecule has 3 aromatic rings. The van der Waals surface area contributed by atoms with Crippen LogP contribution in [0.4, 0.5) is 20.3 Å². The van der Waals surface area contributed by atoms with Crippen molar-refractivity contribution >= 4 is 23.1 Å². The number of anilines is 2. The van der Waals surface area contributed by atoms with Gasteiger partial charge in [-0.2, -0.15) is 10.2 Å². The zero-order valence-corrected chi connectivity index (χ0v) is 24.3. The number of fused-ring (bicyclic) bond motifs is 1. The molecule has 3 aromatic heterocycles. The van der Waals surface area contributed by atoms with Crippen LogP contribution >= 0.6 is 0 Å². The number of hydrogen-bond donors (Lipinski definition) is 1. The Morgan fingerprint density at radius 2 is 1.85 bits per heavy atom. The second-order valence-corrected chi connectivity index (χ2v) is 12.3. The van der Waals surface area contributed by atoms with Gasteiger partial charge in [-0.15, -0.1) is 0 Å². The number of carbonyl (C=O) groups excluding carboxylic acids is 1. The smallest absolute Gasteiger partial charge is 0.284 e. The third kappa shape index (κ3) is 5.70. The van der Waals surface area contributed by atoms with Gasteiger partial charge in [-0.25, -0.2) is 18.3 Å². The summed E-state index contributed by atoms with van der Waals surface area (Å²) in [6.07, 6.45) is 9.02. The maximum absolute atomic E-state index is 14.0. The van der Waals surface area contributed by atoms with Crippen molar-refractivity contribution < 1.29 is 13.6 Å². The van der Waals surface area contributed by atoms with Crippen molar-refractivity contribution in [2.24, 2.45) is 11.3 Å². The first-order valence-electron chi connectivity index (χ1n) is 14.5. The van der Waals surface area contributed by atoms with Gasteiger partial charge in [0.25, 0.3) is 12.3 Å². The number of nitrogens with zero attached hydrogens (tertiary/aromatic N) is 7. The molecule has 0 aromatic carbocycles. The first kappa shape index (κ1) is 28.4. The normalized spacial score (nSPS) is 21.1. The Hall–Kier alpha value is -3.08. The molecule has 2 fully saturated rings. The molecule has 40 heavy (non-hydrogen) atoms. The van der Waals surface area contributed by atoms with E-state index in [9.17, 15) is 13.6 Å². The summed E-state index contributed by atoms with van der Waals surface area (Å²) >= 11 is 0. The average Bonchev–Trinajstić information content (AvgIpc) is 3.57. The minimum atomic E-state index is -2.80. The van der Waals surface area contributed by atoms with Gasteiger partial charge in [-0.3, -0.25) is 9.48 Å². The van der Waals surface area contributed by atoms with E-state index in [1.165, 1.54) is 6.20 Å². The lowest BCUT2D eigenvalue weighted by molar-refractivity contribution is 0.102. The summed E-state index contributed by atoms with van der Waals surface area (Å²) in [7, 11) is 4.20. The topological polar surface area (TPSA) is 83.6 Å². The van der Waals surface area contributed by atoms with Crippen LogP contribution in [0, 0.1) is 11.3 Å². The molecule has 1 aliphatic heterocycles. The molecule has 0 bridgehead atoms. The molecule has 0 atom stereocenters. The molecule has 0 spiro atoms. The van der Waals surface area contributed by atoms with Crippen LogP contribution in [0.1, 0.15) is 94.2 Å². The lowest BCUT2D eigenvalue weighted by atomic mass is 9.69. The van der Waals surface area contributed by atoms with E-state index in [0.717, 1.165) is 63.9 Å². The summed E-state index contributed by atoms with van der Waals surface area (Å²) in [6.45, 7) is 8.57. The standard InChI is InChI=1S/C29H42F2N8O/c1-6-29(2,3)19-7-9-21(10-8-19)39-18-23(25(35-39)26(30)31)33-28(40)22-17-32-38-16-13-24(34-27(22)38)37-14-11-20(12-15-37)36(4)5/h13,16-21,26H,6-12,14-15H2,1-5H3,(H,33,40). The molecule has 5 rings (SSSR count). The van der Waals surface area contributed by atoms with E-state index in [2.05, 4.69) is 60.2 Å². The molecule has 4 heterocycles. The number of aromatic nitrogens is 5. The zero-order valence-electron chi connectivity index (χ0n) is 24.3. The van der Waals surface area contributed by atoms with Crippen molar-refractivity contribution in [3.63, 3.8) is 0 Å². The third-order valence-corrected chi connectivity index (χ3v) is 9.42. The lowest BCUT2D eigenvalue weighted by Crippen LogP contribution is -2.42. The summed E-state index contributed by atoms with van der Waals surface area (Å²) in [5, 5.41) is 11.2. The van der Waals surface area contributed by atoms with Crippen molar-refractivity contribution in [1.82, 2.24) is 29.3 Å². The molecule has 9 nitrogen and oxygen atoms in total. The molecular formula is C29H42F2N8O. The molecule has 1 saturated carbocycles. The Morgan fingerprint density at radius 1 is 1.15 bits per heavy atom. The van der Waals surface area contributed by atoms with E-state index in [1.54, 1.807) is 21.6 Å². The Kier molecular flexibility index (Phi) is 8.13. The number of piperidine rings is 1. The van der Waals surface area contributed by atoms with E-state index in [0.29, 0.717) is 17.6 Å². The minimum absolute atomic E-state index is 0.0391. The van der Waals surface area contributed by atoms with E-state index in [-0.39, 0.29) is 22.7 Å². The van der Waals surface area contributed by atoms with Gasteiger partial charge >= 0.3 is 0 Å². The van der Waals surface area contributed by atoms with Gasteiger partial charge < -0.3 is 15.1 Å². The predicted molar refractivity (Wildman–Crippen MR) is 152 cm³/mol.